The van der Waals surface area contributed by atoms with Gasteiger partial charge in [0, 0.05) is 9.89 Å². The van der Waals surface area contributed by atoms with Gasteiger partial charge in [-0.05, 0) is 36.3 Å². The molecule has 0 unspecified atom stereocenters. The van der Waals surface area contributed by atoms with Crippen molar-refractivity contribution in [2.24, 2.45) is 0 Å². The lowest BCUT2D eigenvalue weighted by molar-refractivity contribution is 0.326. The average molecular weight is 285 g/mol. The monoisotopic (exact) mass is 284 g/mol. The Balaban J connectivity index is 2.28. The van der Waals surface area contributed by atoms with E-state index in [2.05, 4.69) is 52.8 Å². The van der Waals surface area contributed by atoms with Crippen LogP contribution >= 0.6 is 28.6 Å². The van der Waals surface area contributed by atoms with Gasteiger partial charge in [0.15, 0.2) is 0 Å². The van der Waals surface area contributed by atoms with Gasteiger partial charge in [0.2, 0.25) is 0 Å². The standard InChI is InChI=1S/C13H17BrS/c14-12-6-4-11(5-7-12)13(10-15)8-2-1-3-9-13/h4-7,15H,1-3,8-10H2. The quantitative estimate of drug-likeness (QED) is 0.755. The molecule has 0 nitrogen and oxygen atoms in total. The van der Waals surface area contributed by atoms with Crippen LogP contribution in [-0.2, 0) is 5.41 Å². The third kappa shape index (κ3) is 2.42. The molecule has 1 saturated carbocycles. The summed E-state index contributed by atoms with van der Waals surface area (Å²) in [5, 5.41) is 0. The normalized spacial score (nSPS) is 20.1. The van der Waals surface area contributed by atoms with E-state index in [0.717, 1.165) is 10.2 Å². The molecule has 0 atom stereocenters. The first-order valence-electron chi connectivity index (χ1n) is 5.64. The SMILES string of the molecule is SCC1(c2ccc(Br)cc2)CCCCC1. The van der Waals surface area contributed by atoms with Gasteiger partial charge in [-0.25, -0.2) is 0 Å². The first-order chi connectivity index (χ1) is 7.27. The predicted octanol–water partition coefficient (Wildman–Crippen LogP) is 4.58. The number of hydrogen-bond acceptors (Lipinski definition) is 1. The van der Waals surface area contributed by atoms with Crippen molar-refractivity contribution in [2.75, 3.05) is 5.75 Å². The summed E-state index contributed by atoms with van der Waals surface area (Å²) in [6.45, 7) is 0. The van der Waals surface area contributed by atoms with Gasteiger partial charge in [-0.2, -0.15) is 12.6 Å². The second-order valence-electron chi connectivity index (χ2n) is 4.51. The van der Waals surface area contributed by atoms with Crippen LogP contribution in [0.15, 0.2) is 28.7 Å². The van der Waals surface area contributed by atoms with Crippen LogP contribution in [0.1, 0.15) is 37.7 Å². The highest BCUT2D eigenvalue weighted by Gasteiger charge is 2.32. The van der Waals surface area contributed by atoms with E-state index in [1.54, 1.807) is 0 Å². The minimum Gasteiger partial charge on any atom is -0.178 e. The molecule has 1 aromatic carbocycles. The van der Waals surface area contributed by atoms with Gasteiger partial charge in [0.25, 0.3) is 0 Å². The van der Waals surface area contributed by atoms with E-state index in [9.17, 15) is 0 Å². The van der Waals surface area contributed by atoms with Crippen molar-refractivity contribution in [3.63, 3.8) is 0 Å². The van der Waals surface area contributed by atoms with Crippen molar-refractivity contribution in [1.29, 1.82) is 0 Å². The zero-order chi connectivity index (χ0) is 10.7. The molecule has 1 aliphatic carbocycles. The lowest BCUT2D eigenvalue weighted by Gasteiger charge is -2.36. The number of rotatable bonds is 2. The molecular formula is C13H17BrS. The molecule has 15 heavy (non-hydrogen) atoms. The van der Waals surface area contributed by atoms with E-state index in [0.29, 0.717) is 5.41 Å². The zero-order valence-corrected chi connectivity index (χ0v) is 11.4. The molecule has 0 saturated heterocycles. The molecule has 1 fully saturated rings. The molecule has 1 aliphatic rings. The number of thiol groups is 1. The van der Waals surface area contributed by atoms with Gasteiger partial charge in [-0.1, -0.05) is 47.3 Å². The second-order valence-corrected chi connectivity index (χ2v) is 5.74. The van der Waals surface area contributed by atoms with Crippen LogP contribution in [0.25, 0.3) is 0 Å². The Hall–Kier alpha value is 0.0500. The molecule has 0 bridgehead atoms. The molecular weight excluding hydrogens is 268 g/mol. The summed E-state index contributed by atoms with van der Waals surface area (Å²) >= 11 is 8.06. The topological polar surface area (TPSA) is 0 Å². The first kappa shape index (κ1) is 11.5. The maximum atomic E-state index is 4.57. The summed E-state index contributed by atoms with van der Waals surface area (Å²) in [5.74, 6) is 0.981. The maximum Gasteiger partial charge on any atom is 0.0175 e. The lowest BCUT2D eigenvalue weighted by atomic mass is 9.71. The highest BCUT2D eigenvalue weighted by atomic mass is 79.9. The third-order valence-corrected chi connectivity index (χ3v) is 4.70. The molecule has 2 heteroatoms. The van der Waals surface area contributed by atoms with E-state index < -0.39 is 0 Å². The van der Waals surface area contributed by atoms with Crippen LogP contribution in [0.2, 0.25) is 0 Å². The summed E-state index contributed by atoms with van der Waals surface area (Å²) < 4.78 is 1.16. The van der Waals surface area contributed by atoms with Gasteiger partial charge in [-0.15, -0.1) is 0 Å². The van der Waals surface area contributed by atoms with Gasteiger partial charge in [-0.3, -0.25) is 0 Å². The van der Waals surface area contributed by atoms with E-state index >= 15 is 0 Å². The van der Waals surface area contributed by atoms with Gasteiger partial charge < -0.3 is 0 Å². The summed E-state index contributed by atoms with van der Waals surface area (Å²) in [7, 11) is 0. The molecule has 1 aromatic rings. The van der Waals surface area contributed by atoms with Crippen LogP contribution in [-0.4, -0.2) is 5.75 Å². The second kappa shape index (κ2) is 4.92. The molecule has 0 amide bonds. The highest BCUT2D eigenvalue weighted by Crippen LogP contribution is 2.40. The lowest BCUT2D eigenvalue weighted by Crippen LogP contribution is -2.30. The van der Waals surface area contributed by atoms with Crippen molar-refractivity contribution >= 4 is 28.6 Å². The number of halogens is 1. The van der Waals surface area contributed by atoms with Gasteiger partial charge in [0.05, 0.1) is 0 Å². The van der Waals surface area contributed by atoms with Crippen molar-refractivity contribution in [3.8, 4) is 0 Å². The summed E-state index contributed by atoms with van der Waals surface area (Å²) in [6.07, 6.45) is 6.72. The smallest absolute Gasteiger partial charge is 0.0175 e. The minimum atomic E-state index is 0.349. The predicted molar refractivity (Wildman–Crippen MR) is 72.8 cm³/mol. The van der Waals surface area contributed by atoms with E-state index in [4.69, 9.17) is 0 Å². The average Bonchev–Trinajstić information content (AvgIpc) is 2.31. The van der Waals surface area contributed by atoms with E-state index in [-0.39, 0.29) is 0 Å². The Morgan fingerprint density at radius 1 is 1.07 bits per heavy atom. The van der Waals surface area contributed by atoms with Crippen LogP contribution in [0.5, 0.6) is 0 Å². The Kier molecular flexibility index (Phi) is 3.78. The van der Waals surface area contributed by atoms with Crippen LogP contribution < -0.4 is 0 Å². The van der Waals surface area contributed by atoms with Crippen molar-refractivity contribution in [3.05, 3.63) is 34.3 Å². The molecule has 0 radical (unpaired) electrons. The zero-order valence-electron chi connectivity index (χ0n) is 8.88. The fourth-order valence-electron chi connectivity index (χ4n) is 2.57. The molecule has 2 rings (SSSR count). The Morgan fingerprint density at radius 3 is 2.20 bits per heavy atom. The minimum absolute atomic E-state index is 0.349. The number of benzene rings is 1. The highest BCUT2D eigenvalue weighted by molar-refractivity contribution is 9.10. The molecule has 0 spiro atoms. The van der Waals surface area contributed by atoms with Gasteiger partial charge in [0.1, 0.15) is 0 Å². The maximum absolute atomic E-state index is 4.57. The molecule has 0 aromatic heterocycles. The van der Waals surface area contributed by atoms with E-state index in [1.807, 2.05) is 0 Å². The summed E-state index contributed by atoms with van der Waals surface area (Å²) in [5.41, 5.74) is 1.82. The molecule has 0 heterocycles. The van der Waals surface area contributed by atoms with Crippen molar-refractivity contribution in [2.45, 2.75) is 37.5 Å². The first-order valence-corrected chi connectivity index (χ1v) is 7.06. The van der Waals surface area contributed by atoms with Crippen LogP contribution in [0, 0.1) is 0 Å². The fraction of sp³-hybridized carbons (Fsp3) is 0.538. The molecule has 0 aliphatic heterocycles. The van der Waals surface area contributed by atoms with Crippen molar-refractivity contribution in [1.82, 2.24) is 0 Å². The van der Waals surface area contributed by atoms with Crippen LogP contribution in [0.3, 0.4) is 0 Å². The fourth-order valence-corrected chi connectivity index (χ4v) is 3.33. The summed E-state index contributed by atoms with van der Waals surface area (Å²) in [6, 6.07) is 8.81. The third-order valence-electron chi connectivity index (χ3n) is 3.57. The molecule has 82 valence electrons. The van der Waals surface area contributed by atoms with Crippen LogP contribution in [0.4, 0.5) is 0 Å². The number of hydrogen-bond donors (Lipinski definition) is 1. The summed E-state index contributed by atoms with van der Waals surface area (Å²) in [4.78, 5) is 0. The largest absolute Gasteiger partial charge is 0.178 e. The van der Waals surface area contributed by atoms with Gasteiger partial charge >= 0.3 is 0 Å². The van der Waals surface area contributed by atoms with E-state index in [1.165, 1.54) is 37.7 Å². The Bertz CT molecular complexity index is 312. The Labute approximate surface area is 106 Å². The van der Waals surface area contributed by atoms with Crippen molar-refractivity contribution < 1.29 is 0 Å². The molecule has 0 N–H and O–H groups in total. The Morgan fingerprint density at radius 2 is 1.67 bits per heavy atom.